The number of imidazole rings is 1. The van der Waals surface area contributed by atoms with Crippen LogP contribution in [0.25, 0.3) is 28.1 Å². The second-order valence-corrected chi connectivity index (χ2v) is 7.24. The molecule has 1 atom stereocenters. The number of aliphatic hydroxyl groups is 1. The zero-order valence-electron chi connectivity index (χ0n) is 16.5. The Balaban J connectivity index is 1.63. The van der Waals surface area contributed by atoms with E-state index in [1.54, 1.807) is 0 Å². The van der Waals surface area contributed by atoms with Gasteiger partial charge in [0.25, 0.3) is 0 Å². The minimum Gasteiger partial charge on any atom is -0.396 e. The van der Waals surface area contributed by atoms with Gasteiger partial charge in [0.2, 0.25) is 0 Å². The van der Waals surface area contributed by atoms with Crippen LogP contribution < -0.4 is 5.32 Å². The van der Waals surface area contributed by atoms with Gasteiger partial charge in [-0.2, -0.15) is 5.10 Å². The van der Waals surface area contributed by atoms with E-state index in [-0.39, 0.29) is 12.5 Å². The number of para-hydroxylation sites is 2. The molecule has 7 nitrogen and oxygen atoms in total. The number of hydrogen-bond acceptors (Lipinski definition) is 5. The molecule has 3 N–H and O–H groups in total. The van der Waals surface area contributed by atoms with Gasteiger partial charge < -0.3 is 15.4 Å². The summed E-state index contributed by atoms with van der Waals surface area (Å²) < 4.78 is 1.83. The van der Waals surface area contributed by atoms with E-state index in [1.807, 2.05) is 66.6 Å². The van der Waals surface area contributed by atoms with Gasteiger partial charge >= 0.3 is 0 Å². The third-order valence-electron chi connectivity index (χ3n) is 5.15. The van der Waals surface area contributed by atoms with E-state index in [9.17, 15) is 5.11 Å². The molecule has 150 valence electrons. The predicted molar refractivity (Wildman–Crippen MR) is 117 cm³/mol. The summed E-state index contributed by atoms with van der Waals surface area (Å²) in [5.41, 5.74) is 4.63. The van der Waals surface area contributed by atoms with Crippen LogP contribution in [0.4, 0.5) is 0 Å². The third-order valence-corrected chi connectivity index (χ3v) is 5.15. The molecule has 3 aromatic rings. The normalized spacial score (nSPS) is 21.0. The summed E-state index contributed by atoms with van der Waals surface area (Å²) in [4.78, 5) is 12.6. The zero-order chi connectivity index (χ0) is 20.1. The van der Waals surface area contributed by atoms with Crippen LogP contribution in [0.1, 0.15) is 18.5 Å². The minimum atomic E-state index is 0.199. The number of aliphatic imine (C=N–C) groups is 1. The number of allylic oxidation sites excluding steroid dienone is 3. The maximum atomic E-state index is 9.49. The summed E-state index contributed by atoms with van der Waals surface area (Å²) >= 11 is 0. The van der Waals surface area contributed by atoms with Crippen molar-refractivity contribution in [3.05, 3.63) is 54.4 Å². The van der Waals surface area contributed by atoms with Crippen molar-refractivity contribution < 1.29 is 5.11 Å². The molecule has 0 fully saturated rings. The molecule has 1 aromatic carbocycles. The van der Waals surface area contributed by atoms with Crippen molar-refractivity contribution in [3.63, 3.8) is 0 Å². The Morgan fingerprint density at radius 3 is 3.00 bits per heavy atom. The van der Waals surface area contributed by atoms with Crippen LogP contribution in [-0.4, -0.2) is 50.8 Å². The number of H-pyrrole nitrogens is 1. The molecule has 0 aliphatic carbocycles. The van der Waals surface area contributed by atoms with Crippen molar-refractivity contribution in [3.8, 4) is 11.5 Å². The summed E-state index contributed by atoms with van der Waals surface area (Å²) in [5, 5.41) is 17.4. The first-order valence-corrected chi connectivity index (χ1v) is 9.95. The first kappa shape index (κ1) is 19.1. The summed E-state index contributed by atoms with van der Waals surface area (Å²) in [6.07, 6.45) is 9.57. The molecule has 0 bridgehead atoms. The summed E-state index contributed by atoms with van der Waals surface area (Å²) in [7, 11) is 1.92. The van der Waals surface area contributed by atoms with Crippen molar-refractivity contribution in [2.24, 2.45) is 18.0 Å². The monoisotopic (exact) mass is 390 g/mol. The van der Waals surface area contributed by atoms with Gasteiger partial charge in [-0.1, -0.05) is 12.1 Å². The molecular formula is C22H26N6O. The van der Waals surface area contributed by atoms with Crippen molar-refractivity contribution >= 4 is 22.8 Å². The van der Waals surface area contributed by atoms with Gasteiger partial charge in [0.1, 0.15) is 5.69 Å². The Kier molecular flexibility index (Phi) is 5.86. The summed E-state index contributed by atoms with van der Waals surface area (Å²) in [6.45, 7) is 1.73. The van der Waals surface area contributed by atoms with Gasteiger partial charge in [0, 0.05) is 38.5 Å². The Bertz CT molecular complexity index is 1030. The molecule has 0 radical (unpaired) electrons. The highest BCUT2D eigenvalue weighted by Crippen LogP contribution is 2.23. The quantitative estimate of drug-likeness (QED) is 0.641. The van der Waals surface area contributed by atoms with E-state index < -0.39 is 0 Å². The molecule has 1 aliphatic rings. The average molecular weight is 390 g/mol. The lowest BCUT2D eigenvalue weighted by Gasteiger charge is -2.12. The molecule has 29 heavy (non-hydrogen) atoms. The smallest absolute Gasteiger partial charge is 0.156 e. The van der Waals surface area contributed by atoms with Crippen LogP contribution in [0.5, 0.6) is 0 Å². The van der Waals surface area contributed by atoms with E-state index in [0.717, 1.165) is 53.2 Å². The van der Waals surface area contributed by atoms with Crippen molar-refractivity contribution in [2.75, 3.05) is 19.7 Å². The average Bonchev–Trinajstić information content (AvgIpc) is 3.31. The number of rotatable bonds is 3. The molecule has 0 spiro atoms. The maximum absolute atomic E-state index is 9.49. The van der Waals surface area contributed by atoms with Gasteiger partial charge in [0.15, 0.2) is 5.82 Å². The van der Waals surface area contributed by atoms with Crippen LogP contribution in [0.2, 0.25) is 0 Å². The number of aromatic nitrogens is 4. The third kappa shape index (κ3) is 4.46. The number of aliphatic hydroxyl groups excluding tert-OH is 1. The summed E-state index contributed by atoms with van der Waals surface area (Å²) in [5.74, 6) is 1.07. The highest BCUT2D eigenvalue weighted by atomic mass is 16.3. The molecule has 1 aliphatic heterocycles. The van der Waals surface area contributed by atoms with Crippen molar-refractivity contribution in [2.45, 2.75) is 12.8 Å². The highest BCUT2D eigenvalue weighted by molar-refractivity contribution is 6.09. The van der Waals surface area contributed by atoms with Gasteiger partial charge in [-0.3, -0.25) is 9.67 Å². The fourth-order valence-corrected chi connectivity index (χ4v) is 3.44. The van der Waals surface area contributed by atoms with Crippen LogP contribution in [0.3, 0.4) is 0 Å². The molecule has 7 heteroatoms. The first-order valence-electron chi connectivity index (χ1n) is 9.95. The summed E-state index contributed by atoms with van der Waals surface area (Å²) in [6, 6.07) is 10.0. The van der Waals surface area contributed by atoms with Gasteiger partial charge in [0.05, 0.1) is 16.7 Å². The molecule has 2 aromatic heterocycles. The van der Waals surface area contributed by atoms with Crippen LogP contribution >= 0.6 is 0 Å². The highest BCUT2D eigenvalue weighted by Gasteiger charge is 2.13. The first-order chi connectivity index (χ1) is 14.2. The Morgan fingerprint density at radius 1 is 1.24 bits per heavy atom. The molecule has 1 unspecified atom stereocenters. The number of aromatic amines is 1. The lowest BCUT2D eigenvalue weighted by Crippen LogP contribution is -2.16. The minimum absolute atomic E-state index is 0.199. The van der Waals surface area contributed by atoms with Crippen LogP contribution in [0.15, 0.2) is 53.7 Å². The fraction of sp³-hybridized carbons (Fsp3) is 0.318. The number of aryl methyl sites for hydroxylation is 1. The van der Waals surface area contributed by atoms with E-state index in [0.29, 0.717) is 6.54 Å². The van der Waals surface area contributed by atoms with E-state index in [1.165, 1.54) is 0 Å². The largest absolute Gasteiger partial charge is 0.396 e. The maximum Gasteiger partial charge on any atom is 0.156 e. The van der Waals surface area contributed by atoms with Gasteiger partial charge in [-0.25, -0.2) is 4.98 Å². The lowest BCUT2D eigenvalue weighted by molar-refractivity contribution is 0.213. The standard InChI is InChI=1S/C22H26N6O/c1-28-21(22-25-18-6-2-3-7-19(18)26-22)13-20(27-28)17-5-4-10-23-11-8-16(15-29)9-12-24-14-17/h2-7,10,13-14,16,23,29H,8-9,11-12,15H2,1H3,(H,25,26)/b10-4+,17-5+,24-14?. The Morgan fingerprint density at radius 2 is 2.14 bits per heavy atom. The van der Waals surface area contributed by atoms with E-state index in [2.05, 4.69) is 25.4 Å². The fourth-order valence-electron chi connectivity index (χ4n) is 3.44. The molecule has 0 amide bonds. The van der Waals surface area contributed by atoms with Crippen LogP contribution in [-0.2, 0) is 7.05 Å². The number of nitrogens with one attached hydrogen (secondary N) is 2. The lowest BCUT2D eigenvalue weighted by atomic mass is 10.0. The Labute approximate surface area is 169 Å². The van der Waals surface area contributed by atoms with Gasteiger partial charge in [-0.15, -0.1) is 0 Å². The Hall–Kier alpha value is -3.19. The molecule has 4 rings (SSSR count). The van der Waals surface area contributed by atoms with Gasteiger partial charge in [-0.05, 0) is 55.3 Å². The molecule has 3 heterocycles. The van der Waals surface area contributed by atoms with E-state index in [4.69, 9.17) is 0 Å². The second kappa shape index (κ2) is 8.87. The number of benzene rings is 1. The molecular weight excluding hydrogens is 364 g/mol. The SMILES string of the molecule is Cn1nc(/C2=C/C=C/NCCC(CO)CCN=C2)cc1-c1nc2ccccc2[nH]1. The molecule has 0 saturated heterocycles. The van der Waals surface area contributed by atoms with Crippen molar-refractivity contribution in [1.29, 1.82) is 0 Å². The predicted octanol–water partition coefficient (Wildman–Crippen LogP) is 2.92. The number of fused-ring (bicyclic) bond motifs is 1. The second-order valence-electron chi connectivity index (χ2n) is 7.24. The van der Waals surface area contributed by atoms with E-state index >= 15 is 0 Å². The molecule has 0 saturated carbocycles. The number of hydrogen-bond donors (Lipinski definition) is 3. The number of nitrogens with zero attached hydrogens (tertiary/aromatic N) is 4. The van der Waals surface area contributed by atoms with Crippen LogP contribution in [0, 0.1) is 5.92 Å². The zero-order valence-corrected chi connectivity index (χ0v) is 16.5. The topological polar surface area (TPSA) is 91.1 Å². The van der Waals surface area contributed by atoms with Crippen molar-refractivity contribution in [1.82, 2.24) is 25.1 Å².